The van der Waals surface area contributed by atoms with Crippen LogP contribution in [0.1, 0.15) is 17.2 Å². The first-order chi connectivity index (χ1) is 9.99. The molecule has 2 aromatic carbocycles. The predicted molar refractivity (Wildman–Crippen MR) is 85.0 cm³/mol. The van der Waals surface area contributed by atoms with Gasteiger partial charge in [-0.25, -0.2) is 8.78 Å². The van der Waals surface area contributed by atoms with Crippen LogP contribution in [-0.2, 0) is 0 Å². The van der Waals surface area contributed by atoms with E-state index >= 15 is 0 Å². The average Bonchev–Trinajstić information content (AvgIpc) is 2.87. The lowest BCUT2D eigenvalue weighted by atomic mass is 10.0. The second kappa shape index (κ2) is 5.65. The van der Waals surface area contributed by atoms with E-state index in [4.69, 9.17) is 11.6 Å². The molecule has 0 bridgehead atoms. The topological polar surface area (TPSA) is 20.2 Å². The number of aliphatic hydroxyl groups excluding tert-OH is 1. The van der Waals surface area contributed by atoms with E-state index in [-0.39, 0.29) is 10.6 Å². The molecule has 21 heavy (non-hydrogen) atoms. The van der Waals surface area contributed by atoms with Gasteiger partial charge in [0.25, 0.3) is 0 Å². The van der Waals surface area contributed by atoms with Gasteiger partial charge in [-0.1, -0.05) is 23.7 Å². The van der Waals surface area contributed by atoms with Crippen LogP contribution in [0, 0.1) is 11.6 Å². The van der Waals surface area contributed by atoms with Crippen molar-refractivity contribution < 1.29 is 13.9 Å². The maximum Gasteiger partial charge on any atom is 0.142 e. The molecule has 0 aliphatic rings. The monoisotopic (exact) mass is 388 g/mol. The van der Waals surface area contributed by atoms with E-state index in [0.717, 1.165) is 26.7 Å². The standard InChI is InChI=1S/C15H8BrClF2OS/c16-10-3-1-2-7-9(6-21-15(7)10)14(20)8-4-13(19)11(17)5-12(8)18/h1-6,14,20H. The number of hydrogen-bond acceptors (Lipinski definition) is 2. The normalized spacial score (nSPS) is 12.8. The summed E-state index contributed by atoms with van der Waals surface area (Å²) in [5.41, 5.74) is 0.411. The smallest absolute Gasteiger partial charge is 0.142 e. The summed E-state index contributed by atoms with van der Waals surface area (Å²) in [6, 6.07) is 7.36. The lowest BCUT2D eigenvalue weighted by molar-refractivity contribution is 0.216. The van der Waals surface area contributed by atoms with Gasteiger partial charge in [-0.3, -0.25) is 0 Å². The highest BCUT2D eigenvalue weighted by Crippen LogP contribution is 2.38. The molecule has 0 fully saturated rings. The zero-order valence-electron chi connectivity index (χ0n) is 10.4. The molecular weight excluding hydrogens is 382 g/mol. The first-order valence-electron chi connectivity index (χ1n) is 5.97. The van der Waals surface area contributed by atoms with Crippen LogP contribution in [0.2, 0.25) is 5.02 Å². The Kier molecular flexibility index (Phi) is 4.01. The SMILES string of the molecule is OC(c1cc(F)c(Cl)cc1F)c1csc2c(Br)cccc12. The van der Waals surface area contributed by atoms with Gasteiger partial charge in [-0.05, 0) is 44.9 Å². The third-order valence-electron chi connectivity index (χ3n) is 3.21. The molecule has 1 unspecified atom stereocenters. The molecule has 0 saturated carbocycles. The fourth-order valence-electron chi connectivity index (χ4n) is 2.17. The van der Waals surface area contributed by atoms with Gasteiger partial charge in [0.05, 0.1) is 5.02 Å². The molecule has 6 heteroatoms. The van der Waals surface area contributed by atoms with Crippen LogP contribution in [-0.4, -0.2) is 5.11 Å². The van der Waals surface area contributed by atoms with Crippen molar-refractivity contribution in [3.8, 4) is 0 Å². The molecule has 3 aromatic rings. The predicted octanol–water partition coefficient (Wildman–Crippen LogP) is 5.68. The molecule has 0 spiro atoms. The quantitative estimate of drug-likeness (QED) is 0.559. The number of aliphatic hydroxyl groups is 1. The number of fused-ring (bicyclic) bond motifs is 1. The molecular formula is C15H8BrClF2OS. The van der Waals surface area contributed by atoms with Gasteiger partial charge in [0.1, 0.15) is 17.7 Å². The van der Waals surface area contributed by atoms with E-state index in [1.54, 1.807) is 5.38 Å². The largest absolute Gasteiger partial charge is 0.383 e. The highest BCUT2D eigenvalue weighted by Gasteiger charge is 2.21. The van der Waals surface area contributed by atoms with Crippen LogP contribution in [0.4, 0.5) is 8.78 Å². The summed E-state index contributed by atoms with van der Waals surface area (Å²) < 4.78 is 29.3. The summed E-state index contributed by atoms with van der Waals surface area (Å²) in [7, 11) is 0. The Balaban J connectivity index is 2.15. The maximum atomic E-state index is 13.9. The van der Waals surface area contributed by atoms with Gasteiger partial charge in [0.2, 0.25) is 0 Å². The average molecular weight is 390 g/mol. The summed E-state index contributed by atoms with van der Waals surface area (Å²) in [6.45, 7) is 0. The molecule has 0 amide bonds. The first-order valence-corrected chi connectivity index (χ1v) is 8.02. The van der Waals surface area contributed by atoms with Gasteiger partial charge in [0.15, 0.2) is 0 Å². The number of hydrogen-bond donors (Lipinski definition) is 1. The number of halogens is 4. The van der Waals surface area contributed by atoms with Crippen molar-refractivity contribution in [2.24, 2.45) is 0 Å². The molecule has 0 radical (unpaired) electrons. The molecule has 1 aromatic heterocycles. The van der Waals surface area contributed by atoms with Crippen molar-refractivity contribution in [1.29, 1.82) is 0 Å². The second-order valence-electron chi connectivity index (χ2n) is 4.50. The molecule has 0 aliphatic heterocycles. The van der Waals surface area contributed by atoms with Crippen molar-refractivity contribution in [3.63, 3.8) is 0 Å². The highest BCUT2D eigenvalue weighted by atomic mass is 79.9. The van der Waals surface area contributed by atoms with Gasteiger partial charge in [-0.2, -0.15) is 0 Å². The third kappa shape index (κ3) is 2.59. The zero-order valence-corrected chi connectivity index (χ0v) is 13.6. The molecule has 1 atom stereocenters. The molecule has 1 heterocycles. The first kappa shape index (κ1) is 14.9. The van der Waals surface area contributed by atoms with Gasteiger partial charge in [-0.15, -0.1) is 11.3 Å². The summed E-state index contributed by atoms with van der Waals surface area (Å²) in [4.78, 5) is 0. The van der Waals surface area contributed by atoms with Crippen LogP contribution in [0.15, 0.2) is 40.2 Å². The number of thiophene rings is 1. The minimum atomic E-state index is -1.25. The minimum Gasteiger partial charge on any atom is -0.383 e. The number of rotatable bonds is 2. The summed E-state index contributed by atoms with van der Waals surface area (Å²) >= 11 is 10.4. The van der Waals surface area contributed by atoms with E-state index in [9.17, 15) is 13.9 Å². The Labute approximate surface area is 136 Å². The van der Waals surface area contributed by atoms with Crippen molar-refractivity contribution in [2.45, 2.75) is 6.10 Å². The van der Waals surface area contributed by atoms with Crippen molar-refractivity contribution in [3.05, 3.63) is 68.0 Å². The molecule has 108 valence electrons. The fourth-order valence-corrected chi connectivity index (χ4v) is 3.96. The Bertz CT molecular complexity index is 834. The summed E-state index contributed by atoms with van der Waals surface area (Å²) in [6.07, 6.45) is -1.25. The van der Waals surface area contributed by atoms with Gasteiger partial charge in [0, 0.05) is 20.3 Å². The second-order valence-corrected chi connectivity index (χ2v) is 6.64. The summed E-state index contributed by atoms with van der Waals surface area (Å²) in [5, 5.41) is 12.6. The van der Waals surface area contributed by atoms with E-state index < -0.39 is 17.7 Å². The Morgan fingerprint density at radius 1 is 1.14 bits per heavy atom. The minimum absolute atomic E-state index is 0.128. The van der Waals surface area contributed by atoms with Crippen LogP contribution < -0.4 is 0 Å². The van der Waals surface area contributed by atoms with Crippen LogP contribution >= 0.6 is 38.9 Å². The molecule has 1 N–H and O–H groups in total. The van der Waals surface area contributed by atoms with E-state index in [0.29, 0.717) is 5.56 Å². The lowest BCUT2D eigenvalue weighted by Crippen LogP contribution is -2.03. The Hall–Kier alpha value is -1.01. The van der Waals surface area contributed by atoms with Crippen molar-refractivity contribution in [1.82, 2.24) is 0 Å². The van der Waals surface area contributed by atoms with Crippen LogP contribution in [0.3, 0.4) is 0 Å². The van der Waals surface area contributed by atoms with E-state index in [1.165, 1.54) is 11.3 Å². The maximum absolute atomic E-state index is 13.9. The Morgan fingerprint density at radius 2 is 1.90 bits per heavy atom. The third-order valence-corrected chi connectivity index (χ3v) is 5.47. The van der Waals surface area contributed by atoms with E-state index in [2.05, 4.69) is 15.9 Å². The van der Waals surface area contributed by atoms with E-state index in [1.807, 2.05) is 18.2 Å². The highest BCUT2D eigenvalue weighted by molar-refractivity contribution is 9.10. The fraction of sp³-hybridized carbons (Fsp3) is 0.0667. The Morgan fingerprint density at radius 3 is 2.67 bits per heavy atom. The molecule has 3 rings (SSSR count). The summed E-state index contributed by atoms with van der Waals surface area (Å²) in [5.74, 6) is -1.49. The van der Waals surface area contributed by atoms with Crippen molar-refractivity contribution in [2.75, 3.05) is 0 Å². The molecule has 1 nitrogen and oxygen atoms in total. The van der Waals surface area contributed by atoms with Gasteiger partial charge >= 0.3 is 0 Å². The van der Waals surface area contributed by atoms with Crippen LogP contribution in [0.25, 0.3) is 10.1 Å². The van der Waals surface area contributed by atoms with Crippen molar-refractivity contribution >= 4 is 49.0 Å². The van der Waals surface area contributed by atoms with Gasteiger partial charge < -0.3 is 5.11 Å². The molecule has 0 saturated heterocycles. The lowest BCUT2D eigenvalue weighted by Gasteiger charge is -2.12. The molecule has 0 aliphatic carbocycles. The zero-order chi connectivity index (χ0) is 15.1. The van der Waals surface area contributed by atoms with Crippen LogP contribution in [0.5, 0.6) is 0 Å². The number of benzene rings is 2.